The molecule has 5 heteroatoms. The number of hydrogen-bond donors (Lipinski definition) is 2. The fraction of sp³-hybridized carbons (Fsp3) is 0.889. The van der Waals surface area contributed by atoms with E-state index in [0.717, 1.165) is 6.42 Å². The number of methoxy groups -OCH3 is 1. The summed E-state index contributed by atoms with van der Waals surface area (Å²) in [5.41, 5.74) is 11.4. The van der Waals surface area contributed by atoms with Gasteiger partial charge in [0.1, 0.15) is 0 Å². The lowest BCUT2D eigenvalue weighted by Gasteiger charge is -2.15. The molecule has 0 aromatic rings. The van der Waals surface area contributed by atoms with Crippen LogP contribution in [-0.4, -0.2) is 49.7 Å². The molecule has 0 unspecified atom stereocenters. The number of carbonyl (C=O) groups excluding carboxylic acids is 1. The van der Waals surface area contributed by atoms with Gasteiger partial charge in [-0.05, 0) is 6.42 Å². The monoisotopic (exact) mass is 201 g/mol. The molecule has 14 heavy (non-hydrogen) atoms. The molecule has 5 nitrogen and oxygen atoms in total. The van der Waals surface area contributed by atoms with E-state index in [4.69, 9.17) is 16.2 Å². The molecule has 4 N–H and O–H groups in total. The van der Waals surface area contributed by atoms with Gasteiger partial charge in [-0.1, -0.05) is 0 Å². The third-order valence-corrected chi connectivity index (χ3v) is 2.50. The molecular formula is C9H19N3O2. The fourth-order valence-corrected chi connectivity index (χ4v) is 1.58. The molecule has 1 aliphatic heterocycles. The molecule has 82 valence electrons. The topological polar surface area (TPSA) is 81.6 Å². The third-order valence-electron chi connectivity index (χ3n) is 2.50. The maximum absolute atomic E-state index is 11.6. The van der Waals surface area contributed by atoms with Crippen molar-refractivity contribution in [2.24, 2.45) is 11.5 Å². The summed E-state index contributed by atoms with van der Waals surface area (Å²) in [6, 6.07) is -0.136. The van der Waals surface area contributed by atoms with E-state index in [1.54, 1.807) is 12.0 Å². The first-order valence-corrected chi connectivity index (χ1v) is 4.93. The van der Waals surface area contributed by atoms with Crippen molar-refractivity contribution in [3.8, 4) is 0 Å². The second kappa shape index (κ2) is 5.29. The Morgan fingerprint density at radius 1 is 1.43 bits per heavy atom. The zero-order valence-corrected chi connectivity index (χ0v) is 8.61. The number of likely N-dealkylation sites (tertiary alicyclic amines) is 1. The zero-order valence-electron chi connectivity index (χ0n) is 8.61. The van der Waals surface area contributed by atoms with Crippen molar-refractivity contribution in [1.82, 2.24) is 4.90 Å². The molecule has 0 bridgehead atoms. The molecule has 1 amide bonds. The largest absolute Gasteiger partial charge is 0.385 e. The van der Waals surface area contributed by atoms with Gasteiger partial charge in [0, 0.05) is 45.3 Å². The Morgan fingerprint density at radius 3 is 2.50 bits per heavy atom. The predicted octanol–water partition coefficient (Wildman–Crippen LogP) is -1.09. The van der Waals surface area contributed by atoms with Crippen molar-refractivity contribution in [2.75, 3.05) is 26.8 Å². The Hall–Kier alpha value is -0.650. The average Bonchev–Trinajstić information content (AvgIpc) is 2.47. The van der Waals surface area contributed by atoms with Crippen LogP contribution >= 0.6 is 0 Å². The summed E-state index contributed by atoms with van der Waals surface area (Å²) in [5, 5.41) is 0. The molecule has 1 heterocycles. The Kier molecular flexibility index (Phi) is 4.31. The van der Waals surface area contributed by atoms with E-state index in [-0.39, 0.29) is 18.0 Å². The number of nitrogens with zero attached hydrogens (tertiary/aromatic N) is 1. The molecule has 1 aliphatic rings. The number of nitrogens with two attached hydrogens (primary N) is 2. The van der Waals surface area contributed by atoms with Gasteiger partial charge in [0.25, 0.3) is 0 Å². The van der Waals surface area contributed by atoms with Crippen LogP contribution in [0.4, 0.5) is 0 Å². The van der Waals surface area contributed by atoms with Gasteiger partial charge in [-0.15, -0.1) is 0 Å². The number of amides is 1. The van der Waals surface area contributed by atoms with Crippen LogP contribution in [0.2, 0.25) is 0 Å². The van der Waals surface area contributed by atoms with Gasteiger partial charge in [0.15, 0.2) is 0 Å². The van der Waals surface area contributed by atoms with E-state index >= 15 is 0 Å². The minimum Gasteiger partial charge on any atom is -0.385 e. The van der Waals surface area contributed by atoms with Gasteiger partial charge in [0.05, 0.1) is 0 Å². The number of rotatable bonds is 4. The second-order valence-corrected chi connectivity index (χ2v) is 3.72. The smallest absolute Gasteiger partial charge is 0.222 e. The Bertz CT molecular complexity index is 188. The van der Waals surface area contributed by atoms with Gasteiger partial charge < -0.3 is 21.1 Å². The van der Waals surface area contributed by atoms with Gasteiger partial charge >= 0.3 is 0 Å². The lowest BCUT2D eigenvalue weighted by molar-refractivity contribution is -0.130. The maximum atomic E-state index is 11.6. The summed E-state index contributed by atoms with van der Waals surface area (Å²) < 4.78 is 4.88. The predicted molar refractivity (Wildman–Crippen MR) is 53.6 cm³/mol. The van der Waals surface area contributed by atoms with Crippen molar-refractivity contribution >= 4 is 5.91 Å². The Labute approximate surface area is 84.4 Å². The number of hydrogen-bond acceptors (Lipinski definition) is 4. The van der Waals surface area contributed by atoms with Gasteiger partial charge in [-0.25, -0.2) is 0 Å². The zero-order chi connectivity index (χ0) is 10.6. The highest BCUT2D eigenvalue weighted by Gasteiger charge is 2.29. The minimum absolute atomic E-state index is 0.0682. The summed E-state index contributed by atoms with van der Waals surface area (Å²) in [5.74, 6) is 0.130. The molecule has 0 spiro atoms. The van der Waals surface area contributed by atoms with Crippen LogP contribution in [0.25, 0.3) is 0 Å². The summed E-state index contributed by atoms with van der Waals surface area (Å²) in [6.07, 6.45) is 1.28. The summed E-state index contributed by atoms with van der Waals surface area (Å²) in [4.78, 5) is 13.3. The molecule has 2 atom stereocenters. The standard InChI is InChI=1S/C9H19N3O2/c1-14-4-2-3-9(13)12-5-7(10)8(11)6-12/h7-8H,2-6,10-11H2,1H3/t7-,8-/m1/s1. The molecule has 0 aromatic heterocycles. The van der Waals surface area contributed by atoms with Gasteiger partial charge in [-0.2, -0.15) is 0 Å². The van der Waals surface area contributed by atoms with Crippen molar-refractivity contribution < 1.29 is 9.53 Å². The van der Waals surface area contributed by atoms with Crippen molar-refractivity contribution in [2.45, 2.75) is 24.9 Å². The van der Waals surface area contributed by atoms with Crippen LogP contribution in [-0.2, 0) is 9.53 Å². The highest BCUT2D eigenvalue weighted by Crippen LogP contribution is 2.08. The first kappa shape index (κ1) is 11.4. The van der Waals surface area contributed by atoms with Crippen LogP contribution in [0, 0.1) is 0 Å². The Balaban J connectivity index is 2.25. The van der Waals surface area contributed by atoms with Crippen molar-refractivity contribution in [3.05, 3.63) is 0 Å². The van der Waals surface area contributed by atoms with Crippen LogP contribution < -0.4 is 11.5 Å². The van der Waals surface area contributed by atoms with E-state index in [9.17, 15) is 4.79 Å². The van der Waals surface area contributed by atoms with Crippen LogP contribution in [0.3, 0.4) is 0 Å². The molecule has 0 aliphatic carbocycles. The first-order chi connectivity index (χ1) is 6.65. The van der Waals surface area contributed by atoms with E-state index in [1.807, 2.05) is 0 Å². The molecule has 0 aromatic carbocycles. The molecule has 0 saturated carbocycles. The molecule has 1 rings (SSSR count). The van der Waals surface area contributed by atoms with E-state index in [2.05, 4.69) is 0 Å². The number of carbonyl (C=O) groups is 1. The van der Waals surface area contributed by atoms with Gasteiger partial charge in [0.2, 0.25) is 5.91 Å². The number of ether oxygens (including phenoxy) is 1. The highest BCUT2D eigenvalue weighted by atomic mass is 16.5. The second-order valence-electron chi connectivity index (χ2n) is 3.72. The lowest BCUT2D eigenvalue weighted by Crippen LogP contribution is -2.39. The van der Waals surface area contributed by atoms with E-state index < -0.39 is 0 Å². The molecule has 0 radical (unpaired) electrons. The molecular weight excluding hydrogens is 182 g/mol. The van der Waals surface area contributed by atoms with Gasteiger partial charge in [-0.3, -0.25) is 4.79 Å². The fourth-order valence-electron chi connectivity index (χ4n) is 1.58. The first-order valence-electron chi connectivity index (χ1n) is 4.93. The molecule has 1 fully saturated rings. The maximum Gasteiger partial charge on any atom is 0.222 e. The van der Waals surface area contributed by atoms with Crippen LogP contribution in [0.15, 0.2) is 0 Å². The minimum atomic E-state index is -0.0682. The summed E-state index contributed by atoms with van der Waals surface area (Å²) in [6.45, 7) is 1.80. The average molecular weight is 201 g/mol. The summed E-state index contributed by atoms with van der Waals surface area (Å²) >= 11 is 0. The highest BCUT2D eigenvalue weighted by molar-refractivity contribution is 5.76. The SMILES string of the molecule is COCCCC(=O)N1C[C@@H](N)[C@H](N)C1. The van der Waals surface area contributed by atoms with Crippen LogP contribution in [0.1, 0.15) is 12.8 Å². The quantitative estimate of drug-likeness (QED) is 0.566. The van der Waals surface area contributed by atoms with E-state index in [1.165, 1.54) is 0 Å². The third kappa shape index (κ3) is 2.94. The summed E-state index contributed by atoms with van der Waals surface area (Å²) in [7, 11) is 1.63. The van der Waals surface area contributed by atoms with Crippen LogP contribution in [0.5, 0.6) is 0 Å². The van der Waals surface area contributed by atoms with E-state index in [0.29, 0.717) is 26.1 Å². The lowest BCUT2D eigenvalue weighted by atomic mass is 10.2. The Morgan fingerprint density at radius 2 is 2.00 bits per heavy atom. The van der Waals surface area contributed by atoms with Crippen molar-refractivity contribution in [1.29, 1.82) is 0 Å². The normalized spacial score (nSPS) is 26.9. The molecule has 1 saturated heterocycles. The van der Waals surface area contributed by atoms with Crippen molar-refractivity contribution in [3.63, 3.8) is 0 Å².